The van der Waals surface area contributed by atoms with E-state index in [0.29, 0.717) is 23.9 Å². The summed E-state index contributed by atoms with van der Waals surface area (Å²) in [5.74, 6) is 5.77. The number of nitro groups is 1. The topological polar surface area (TPSA) is 93.7 Å². The first kappa shape index (κ1) is 14.5. The smallest absolute Gasteiger partial charge is 0.316 e. The van der Waals surface area contributed by atoms with Crippen molar-refractivity contribution in [3.63, 3.8) is 0 Å². The molecule has 1 aromatic rings. The second-order valence-corrected chi connectivity index (χ2v) is 4.98. The van der Waals surface area contributed by atoms with Crippen LogP contribution in [0.2, 0.25) is 0 Å². The predicted octanol–water partition coefficient (Wildman–Crippen LogP) is 1.74. The van der Waals surface area contributed by atoms with Gasteiger partial charge in [-0.15, -0.1) is 0 Å². The lowest BCUT2D eigenvalue weighted by Gasteiger charge is -2.33. The van der Waals surface area contributed by atoms with E-state index < -0.39 is 0 Å². The van der Waals surface area contributed by atoms with Crippen LogP contribution in [0.1, 0.15) is 12.8 Å². The fourth-order valence-corrected chi connectivity index (χ4v) is 2.75. The summed E-state index contributed by atoms with van der Waals surface area (Å²) in [6, 6.07) is 5.16. The van der Waals surface area contributed by atoms with Gasteiger partial charge in [0.25, 0.3) is 0 Å². The second kappa shape index (κ2) is 6.53. The van der Waals surface area contributed by atoms with Crippen molar-refractivity contribution in [2.75, 3.05) is 37.1 Å². The number of benzene rings is 1. The summed E-state index contributed by atoms with van der Waals surface area (Å²) < 4.78 is 5.20. The molecule has 0 bridgehead atoms. The van der Waals surface area contributed by atoms with Crippen LogP contribution in [0.25, 0.3) is 0 Å². The van der Waals surface area contributed by atoms with Gasteiger partial charge in [-0.3, -0.25) is 16.0 Å². The number of piperidine rings is 1. The van der Waals surface area contributed by atoms with Crippen molar-refractivity contribution in [2.24, 2.45) is 11.8 Å². The van der Waals surface area contributed by atoms with Crippen LogP contribution in [0.3, 0.4) is 0 Å². The zero-order valence-electron chi connectivity index (χ0n) is 11.5. The molecule has 110 valence electrons. The summed E-state index contributed by atoms with van der Waals surface area (Å²) in [7, 11) is 1.68. The molecular formula is C13H20N4O3. The maximum atomic E-state index is 11.3. The molecular weight excluding hydrogens is 260 g/mol. The standard InChI is InChI=1S/C13H20N4O3/c1-20-9-10-4-3-7-16(8-10)12-6-2-5-11(15-14)13(12)17(18)19/h2,5-6,10,15H,3-4,7-9,14H2,1H3. The molecule has 7 nitrogen and oxygen atoms in total. The first-order chi connectivity index (χ1) is 9.67. The van der Waals surface area contributed by atoms with Gasteiger partial charge in [-0.05, 0) is 30.9 Å². The Morgan fingerprint density at radius 3 is 3.05 bits per heavy atom. The quantitative estimate of drug-likeness (QED) is 0.485. The van der Waals surface area contributed by atoms with Crippen LogP contribution in [-0.2, 0) is 4.74 Å². The van der Waals surface area contributed by atoms with Gasteiger partial charge in [0, 0.05) is 20.2 Å². The van der Waals surface area contributed by atoms with E-state index in [1.165, 1.54) is 0 Å². The van der Waals surface area contributed by atoms with Gasteiger partial charge in [0.1, 0.15) is 11.4 Å². The van der Waals surface area contributed by atoms with Crippen molar-refractivity contribution >= 4 is 17.1 Å². The first-order valence-corrected chi connectivity index (χ1v) is 6.65. The van der Waals surface area contributed by atoms with Crippen molar-refractivity contribution in [1.82, 2.24) is 0 Å². The molecule has 0 radical (unpaired) electrons. The molecule has 0 amide bonds. The van der Waals surface area contributed by atoms with Crippen LogP contribution in [0, 0.1) is 16.0 Å². The summed E-state index contributed by atoms with van der Waals surface area (Å²) in [6.45, 7) is 2.26. The van der Waals surface area contributed by atoms with E-state index in [1.54, 1.807) is 25.3 Å². The van der Waals surface area contributed by atoms with Crippen molar-refractivity contribution in [1.29, 1.82) is 0 Å². The van der Waals surface area contributed by atoms with Crippen LogP contribution in [0.4, 0.5) is 17.1 Å². The van der Waals surface area contributed by atoms with Crippen LogP contribution in [0.15, 0.2) is 18.2 Å². The highest BCUT2D eigenvalue weighted by atomic mass is 16.6. The zero-order valence-corrected chi connectivity index (χ0v) is 11.5. The van der Waals surface area contributed by atoms with Crippen molar-refractivity contribution in [2.45, 2.75) is 12.8 Å². The van der Waals surface area contributed by atoms with Crippen LogP contribution >= 0.6 is 0 Å². The molecule has 0 aromatic heterocycles. The number of nitro benzene ring substituents is 1. The number of methoxy groups -OCH3 is 1. The summed E-state index contributed by atoms with van der Waals surface area (Å²) >= 11 is 0. The highest BCUT2D eigenvalue weighted by Crippen LogP contribution is 2.36. The maximum absolute atomic E-state index is 11.3. The largest absolute Gasteiger partial charge is 0.384 e. The molecule has 1 aliphatic rings. The fraction of sp³-hybridized carbons (Fsp3) is 0.538. The molecule has 0 saturated carbocycles. The van der Waals surface area contributed by atoms with Crippen LogP contribution in [-0.4, -0.2) is 31.7 Å². The Morgan fingerprint density at radius 1 is 1.60 bits per heavy atom. The average molecular weight is 280 g/mol. The Morgan fingerprint density at radius 2 is 2.40 bits per heavy atom. The summed E-state index contributed by atoms with van der Waals surface area (Å²) in [6.07, 6.45) is 2.10. The van der Waals surface area contributed by atoms with Gasteiger partial charge in [-0.1, -0.05) is 6.07 Å². The molecule has 3 N–H and O–H groups in total. The minimum Gasteiger partial charge on any atom is -0.384 e. The van der Waals surface area contributed by atoms with Crippen LogP contribution in [0.5, 0.6) is 0 Å². The number of nitrogens with zero attached hydrogens (tertiary/aromatic N) is 2. The maximum Gasteiger partial charge on any atom is 0.316 e. The minimum absolute atomic E-state index is 0.0352. The summed E-state index contributed by atoms with van der Waals surface area (Å²) in [5, 5.41) is 11.3. The Bertz CT molecular complexity index is 479. The van der Waals surface area contributed by atoms with Crippen molar-refractivity contribution in [3.8, 4) is 0 Å². The monoisotopic (exact) mass is 280 g/mol. The molecule has 7 heteroatoms. The first-order valence-electron chi connectivity index (χ1n) is 6.65. The lowest BCUT2D eigenvalue weighted by Crippen LogP contribution is -2.37. The third kappa shape index (κ3) is 3.00. The lowest BCUT2D eigenvalue weighted by molar-refractivity contribution is -0.383. The number of hydrazine groups is 1. The molecule has 1 aliphatic heterocycles. The van der Waals surface area contributed by atoms with Gasteiger partial charge in [0.2, 0.25) is 0 Å². The molecule has 2 rings (SSSR count). The molecule has 1 unspecified atom stereocenters. The number of hydrogen-bond donors (Lipinski definition) is 2. The molecule has 1 fully saturated rings. The molecule has 0 spiro atoms. The minimum atomic E-state index is -0.384. The lowest BCUT2D eigenvalue weighted by atomic mass is 9.98. The summed E-state index contributed by atoms with van der Waals surface area (Å²) in [4.78, 5) is 13.0. The third-order valence-electron chi connectivity index (χ3n) is 3.61. The number of hydrogen-bond acceptors (Lipinski definition) is 6. The Balaban J connectivity index is 2.29. The Labute approximate surface area is 117 Å². The number of nitrogens with two attached hydrogens (primary N) is 1. The second-order valence-electron chi connectivity index (χ2n) is 4.98. The van der Waals surface area contributed by atoms with Crippen molar-refractivity contribution < 1.29 is 9.66 Å². The van der Waals surface area contributed by atoms with Gasteiger partial charge in [-0.2, -0.15) is 0 Å². The number of nitrogens with one attached hydrogen (secondary N) is 1. The molecule has 1 aromatic carbocycles. The molecule has 0 aliphatic carbocycles. The molecule has 1 saturated heterocycles. The van der Waals surface area contributed by atoms with Gasteiger partial charge in [-0.25, -0.2) is 0 Å². The Kier molecular flexibility index (Phi) is 4.75. The zero-order chi connectivity index (χ0) is 14.5. The number of rotatable bonds is 5. The molecule has 1 heterocycles. The third-order valence-corrected chi connectivity index (χ3v) is 3.61. The molecule has 1 atom stereocenters. The van der Waals surface area contributed by atoms with Gasteiger partial charge < -0.3 is 15.1 Å². The number of nitrogen functional groups attached to an aromatic ring is 1. The highest BCUT2D eigenvalue weighted by Gasteiger charge is 2.27. The van der Waals surface area contributed by atoms with E-state index in [0.717, 1.165) is 25.9 Å². The predicted molar refractivity (Wildman–Crippen MR) is 77.7 cm³/mol. The SMILES string of the molecule is COCC1CCCN(c2cccc(NN)c2[N+](=O)[O-])C1. The van der Waals surface area contributed by atoms with E-state index in [1.807, 2.05) is 4.90 Å². The van der Waals surface area contributed by atoms with Gasteiger partial charge in [0.15, 0.2) is 0 Å². The van der Waals surface area contributed by atoms with E-state index >= 15 is 0 Å². The highest BCUT2D eigenvalue weighted by molar-refractivity contribution is 5.76. The fourth-order valence-electron chi connectivity index (χ4n) is 2.75. The number of anilines is 2. The van der Waals surface area contributed by atoms with Crippen LogP contribution < -0.4 is 16.2 Å². The Hall–Kier alpha value is -1.86. The van der Waals surface area contributed by atoms with E-state index in [-0.39, 0.29) is 10.6 Å². The van der Waals surface area contributed by atoms with E-state index in [9.17, 15) is 10.1 Å². The number of para-hydroxylation sites is 1. The average Bonchev–Trinajstić information content (AvgIpc) is 2.47. The van der Waals surface area contributed by atoms with E-state index in [2.05, 4.69) is 5.43 Å². The normalized spacial score (nSPS) is 18.9. The molecule has 20 heavy (non-hydrogen) atoms. The number of ether oxygens (including phenoxy) is 1. The van der Waals surface area contributed by atoms with Gasteiger partial charge >= 0.3 is 5.69 Å². The van der Waals surface area contributed by atoms with E-state index in [4.69, 9.17) is 10.6 Å². The summed E-state index contributed by atoms with van der Waals surface area (Å²) in [5.41, 5.74) is 3.39. The van der Waals surface area contributed by atoms with Gasteiger partial charge in [0.05, 0.1) is 11.5 Å². The van der Waals surface area contributed by atoms with Crippen molar-refractivity contribution in [3.05, 3.63) is 28.3 Å².